The number of rotatable bonds is 5. The Balaban J connectivity index is 1.67. The van der Waals surface area contributed by atoms with Crippen molar-refractivity contribution in [1.82, 2.24) is 10.2 Å². The highest BCUT2D eigenvalue weighted by molar-refractivity contribution is 7.80. The van der Waals surface area contributed by atoms with Crippen molar-refractivity contribution in [3.05, 3.63) is 52.5 Å². The molecule has 1 aromatic heterocycles. The Kier molecular flexibility index (Phi) is 6.36. The van der Waals surface area contributed by atoms with Crippen LogP contribution < -0.4 is 10.6 Å². The maximum absolute atomic E-state index is 13.3. The number of anilines is 1. The molecule has 0 aliphatic carbocycles. The first-order chi connectivity index (χ1) is 12.1. The summed E-state index contributed by atoms with van der Waals surface area (Å²) in [7, 11) is 0. The summed E-state index contributed by atoms with van der Waals surface area (Å²) in [5.74, 6) is -0.286. The van der Waals surface area contributed by atoms with Crippen LogP contribution in [-0.2, 0) is 4.74 Å². The average molecular weight is 380 g/mol. The maximum atomic E-state index is 13.3. The Bertz CT molecular complexity index is 689. The lowest BCUT2D eigenvalue weighted by molar-refractivity contribution is 0.0110. The molecule has 2 N–H and O–H groups in total. The molecule has 0 saturated carbocycles. The standard InChI is InChI=1S/C18H22FN3OS2/c1-13(20-18(24)21-15-5-2-4-14(19)12-15)17(16-6-3-11-25-16)22-7-9-23-10-8-22/h2-6,11-13,17H,7-10H2,1H3,(H2,20,21,24)/t13-,17-/m1/s1. The highest BCUT2D eigenvalue weighted by atomic mass is 32.1. The van der Waals surface area contributed by atoms with E-state index in [1.165, 1.54) is 17.0 Å². The smallest absolute Gasteiger partial charge is 0.171 e. The molecule has 1 aliphatic heterocycles. The van der Waals surface area contributed by atoms with Gasteiger partial charge in [-0.2, -0.15) is 0 Å². The van der Waals surface area contributed by atoms with Gasteiger partial charge in [-0.25, -0.2) is 4.39 Å². The molecule has 0 spiro atoms. The number of thiophene rings is 1. The fraction of sp³-hybridized carbons (Fsp3) is 0.389. The van der Waals surface area contributed by atoms with Crippen molar-refractivity contribution in [2.24, 2.45) is 0 Å². The normalized spacial score (nSPS) is 17.7. The van der Waals surface area contributed by atoms with Crippen molar-refractivity contribution in [3.63, 3.8) is 0 Å². The van der Waals surface area contributed by atoms with Gasteiger partial charge in [-0.3, -0.25) is 4.90 Å². The van der Waals surface area contributed by atoms with Crippen molar-refractivity contribution < 1.29 is 9.13 Å². The van der Waals surface area contributed by atoms with E-state index in [-0.39, 0.29) is 17.9 Å². The summed E-state index contributed by atoms with van der Waals surface area (Å²) in [6.07, 6.45) is 0. The monoisotopic (exact) mass is 379 g/mol. The van der Waals surface area contributed by atoms with Crippen molar-refractivity contribution in [3.8, 4) is 0 Å². The van der Waals surface area contributed by atoms with E-state index in [0.717, 1.165) is 26.3 Å². The van der Waals surface area contributed by atoms with Crippen LogP contribution >= 0.6 is 23.6 Å². The summed E-state index contributed by atoms with van der Waals surface area (Å²) < 4.78 is 18.8. The van der Waals surface area contributed by atoms with E-state index in [1.807, 2.05) is 0 Å². The predicted molar refractivity (Wildman–Crippen MR) is 105 cm³/mol. The summed E-state index contributed by atoms with van der Waals surface area (Å²) in [6, 6.07) is 10.8. The summed E-state index contributed by atoms with van der Waals surface area (Å²) in [6.45, 7) is 5.43. The molecule has 7 heteroatoms. The number of hydrogen-bond acceptors (Lipinski definition) is 4. The molecule has 0 radical (unpaired) electrons. The van der Waals surface area contributed by atoms with Gasteiger partial charge in [0, 0.05) is 29.7 Å². The van der Waals surface area contributed by atoms with Gasteiger partial charge in [0.2, 0.25) is 0 Å². The minimum Gasteiger partial charge on any atom is -0.379 e. The first kappa shape index (κ1) is 18.3. The van der Waals surface area contributed by atoms with Crippen molar-refractivity contribution in [1.29, 1.82) is 0 Å². The van der Waals surface area contributed by atoms with Gasteiger partial charge < -0.3 is 15.4 Å². The second-order valence-corrected chi connectivity index (χ2v) is 7.39. The Morgan fingerprint density at radius 3 is 2.76 bits per heavy atom. The van der Waals surface area contributed by atoms with E-state index in [1.54, 1.807) is 23.5 Å². The predicted octanol–water partition coefficient (Wildman–Crippen LogP) is 3.64. The minimum atomic E-state index is -0.286. The van der Waals surface area contributed by atoms with E-state index in [0.29, 0.717) is 10.8 Å². The third-order valence-corrected chi connectivity index (χ3v) is 5.35. The molecule has 1 aromatic carbocycles. The Labute approximate surface area is 157 Å². The molecule has 0 unspecified atom stereocenters. The summed E-state index contributed by atoms with van der Waals surface area (Å²) in [5.41, 5.74) is 0.642. The maximum Gasteiger partial charge on any atom is 0.171 e. The van der Waals surface area contributed by atoms with Gasteiger partial charge in [-0.15, -0.1) is 11.3 Å². The zero-order valence-corrected chi connectivity index (χ0v) is 15.7. The van der Waals surface area contributed by atoms with Crippen LogP contribution in [0.2, 0.25) is 0 Å². The van der Waals surface area contributed by atoms with Crippen LogP contribution in [-0.4, -0.2) is 42.4 Å². The molecule has 3 rings (SSSR count). The topological polar surface area (TPSA) is 36.5 Å². The average Bonchev–Trinajstić information content (AvgIpc) is 3.10. The number of thiocarbonyl (C=S) groups is 1. The molecule has 0 bridgehead atoms. The number of nitrogens with one attached hydrogen (secondary N) is 2. The van der Waals surface area contributed by atoms with E-state index in [2.05, 4.69) is 40.0 Å². The third kappa shape index (κ3) is 4.98. The first-order valence-corrected chi connectivity index (χ1v) is 9.60. The molecular weight excluding hydrogens is 357 g/mol. The number of halogens is 1. The van der Waals surface area contributed by atoms with E-state index in [4.69, 9.17) is 17.0 Å². The minimum absolute atomic E-state index is 0.102. The summed E-state index contributed by atoms with van der Waals surface area (Å²) in [5, 5.41) is 9.00. The van der Waals surface area contributed by atoms with Crippen LogP contribution in [0.3, 0.4) is 0 Å². The van der Waals surface area contributed by atoms with E-state index in [9.17, 15) is 4.39 Å². The van der Waals surface area contributed by atoms with Gasteiger partial charge in [0.1, 0.15) is 5.82 Å². The van der Waals surface area contributed by atoms with Crippen LogP contribution in [0.4, 0.5) is 10.1 Å². The number of nitrogens with zero attached hydrogens (tertiary/aromatic N) is 1. The zero-order chi connectivity index (χ0) is 17.6. The Hall–Kier alpha value is -1.54. The molecule has 25 heavy (non-hydrogen) atoms. The summed E-state index contributed by atoms with van der Waals surface area (Å²) >= 11 is 7.17. The molecule has 1 saturated heterocycles. The number of morpholine rings is 1. The molecule has 4 nitrogen and oxygen atoms in total. The van der Waals surface area contributed by atoms with Gasteiger partial charge in [-0.1, -0.05) is 12.1 Å². The quantitative estimate of drug-likeness (QED) is 0.776. The second kappa shape index (κ2) is 8.71. The molecule has 0 amide bonds. The molecule has 1 fully saturated rings. The number of hydrogen-bond donors (Lipinski definition) is 2. The largest absolute Gasteiger partial charge is 0.379 e. The van der Waals surface area contributed by atoms with Crippen molar-refractivity contribution in [2.75, 3.05) is 31.6 Å². The summed E-state index contributed by atoms with van der Waals surface area (Å²) in [4.78, 5) is 3.73. The molecular formula is C18H22FN3OS2. The lowest BCUT2D eigenvalue weighted by Crippen LogP contribution is -2.49. The van der Waals surface area contributed by atoms with Crippen molar-refractivity contribution in [2.45, 2.75) is 19.0 Å². The fourth-order valence-corrected chi connectivity index (χ4v) is 4.34. The van der Waals surface area contributed by atoms with Crippen LogP contribution in [0.15, 0.2) is 41.8 Å². The SMILES string of the molecule is C[C@@H](NC(=S)Nc1cccc(F)c1)[C@H](c1cccs1)N1CCOCC1. The van der Waals surface area contributed by atoms with Gasteiger partial charge in [0.05, 0.1) is 19.3 Å². The molecule has 2 atom stereocenters. The van der Waals surface area contributed by atoms with Gasteiger partial charge in [0.15, 0.2) is 5.11 Å². The van der Waals surface area contributed by atoms with Crippen LogP contribution in [0.25, 0.3) is 0 Å². The molecule has 1 aliphatic rings. The van der Waals surface area contributed by atoms with E-state index >= 15 is 0 Å². The van der Waals surface area contributed by atoms with Crippen LogP contribution in [0.5, 0.6) is 0 Å². The van der Waals surface area contributed by atoms with Gasteiger partial charge in [-0.05, 0) is 48.8 Å². The fourth-order valence-electron chi connectivity index (χ4n) is 3.08. The first-order valence-electron chi connectivity index (χ1n) is 8.32. The zero-order valence-electron chi connectivity index (χ0n) is 14.1. The van der Waals surface area contributed by atoms with E-state index < -0.39 is 0 Å². The molecule has 2 heterocycles. The lowest BCUT2D eigenvalue weighted by atomic mass is 10.1. The third-order valence-electron chi connectivity index (χ3n) is 4.19. The Morgan fingerprint density at radius 1 is 1.28 bits per heavy atom. The highest BCUT2D eigenvalue weighted by Gasteiger charge is 2.28. The van der Waals surface area contributed by atoms with Crippen molar-refractivity contribution >= 4 is 34.4 Å². The number of benzene rings is 1. The molecule has 2 aromatic rings. The molecule has 134 valence electrons. The Morgan fingerprint density at radius 2 is 2.08 bits per heavy atom. The number of ether oxygens (including phenoxy) is 1. The van der Waals surface area contributed by atoms with Gasteiger partial charge >= 0.3 is 0 Å². The second-order valence-electron chi connectivity index (χ2n) is 6.01. The lowest BCUT2D eigenvalue weighted by Gasteiger charge is -2.38. The highest BCUT2D eigenvalue weighted by Crippen LogP contribution is 2.29. The van der Waals surface area contributed by atoms with Crippen LogP contribution in [0, 0.1) is 5.82 Å². The van der Waals surface area contributed by atoms with Crippen LogP contribution in [0.1, 0.15) is 17.8 Å². The van der Waals surface area contributed by atoms with Gasteiger partial charge in [0.25, 0.3) is 0 Å².